The van der Waals surface area contributed by atoms with E-state index >= 15 is 0 Å². The molecule has 0 radical (unpaired) electrons. The zero-order valence-electron chi connectivity index (χ0n) is 10.7. The van der Waals surface area contributed by atoms with Gasteiger partial charge in [0, 0.05) is 12.6 Å². The van der Waals surface area contributed by atoms with Crippen LogP contribution in [0.1, 0.15) is 15.9 Å². The second kappa shape index (κ2) is 5.95. The molecule has 0 fully saturated rings. The van der Waals surface area contributed by atoms with Crippen molar-refractivity contribution in [1.82, 2.24) is 10.3 Å². The van der Waals surface area contributed by atoms with Gasteiger partial charge in [0.2, 0.25) is 0 Å². The Morgan fingerprint density at radius 2 is 2.05 bits per heavy atom. The van der Waals surface area contributed by atoms with Crippen LogP contribution in [0.4, 0.5) is 15.9 Å². The van der Waals surface area contributed by atoms with E-state index in [1.807, 2.05) is 0 Å². The van der Waals surface area contributed by atoms with Crippen molar-refractivity contribution >= 4 is 17.4 Å². The lowest BCUT2D eigenvalue weighted by Crippen LogP contribution is -2.24. The van der Waals surface area contributed by atoms with Crippen LogP contribution in [0.3, 0.4) is 0 Å². The number of nitrogens with two attached hydrogens (primary N) is 1. The first-order chi connectivity index (χ1) is 9.97. The molecule has 0 saturated carbocycles. The van der Waals surface area contributed by atoms with Gasteiger partial charge in [-0.15, -0.1) is 0 Å². The minimum atomic E-state index is -0.663. The van der Waals surface area contributed by atoms with Crippen LogP contribution in [0.15, 0.2) is 36.5 Å². The number of pyridine rings is 1. The molecule has 1 heterocycles. The molecule has 3 N–H and O–H groups in total. The Bertz CT molecular complexity index is 688. The molecule has 108 valence electrons. The van der Waals surface area contributed by atoms with Gasteiger partial charge in [-0.25, -0.2) is 9.37 Å². The molecule has 7 nitrogen and oxygen atoms in total. The molecule has 0 aliphatic carbocycles. The predicted molar refractivity (Wildman–Crippen MR) is 72.9 cm³/mol. The van der Waals surface area contributed by atoms with Gasteiger partial charge in [-0.05, 0) is 17.7 Å². The van der Waals surface area contributed by atoms with Gasteiger partial charge in [-0.1, -0.05) is 12.1 Å². The summed E-state index contributed by atoms with van der Waals surface area (Å²) >= 11 is 0. The Morgan fingerprint density at radius 1 is 1.38 bits per heavy atom. The fourth-order valence-corrected chi connectivity index (χ4v) is 1.63. The van der Waals surface area contributed by atoms with Crippen LogP contribution < -0.4 is 11.1 Å². The monoisotopic (exact) mass is 290 g/mol. The first-order valence-electron chi connectivity index (χ1n) is 5.90. The molecule has 8 heteroatoms. The van der Waals surface area contributed by atoms with Crippen LogP contribution in [0, 0.1) is 15.9 Å². The summed E-state index contributed by atoms with van der Waals surface area (Å²) in [6.45, 7) is 0.140. The normalized spacial score (nSPS) is 10.1. The van der Waals surface area contributed by atoms with Gasteiger partial charge < -0.3 is 11.1 Å². The summed E-state index contributed by atoms with van der Waals surface area (Å²) in [6.07, 6.45) is 0.978. The molecule has 1 aromatic carbocycles. The van der Waals surface area contributed by atoms with Crippen molar-refractivity contribution < 1.29 is 14.1 Å². The third-order valence-electron chi connectivity index (χ3n) is 2.73. The second-order valence-corrected chi connectivity index (χ2v) is 4.19. The first kappa shape index (κ1) is 14.4. The van der Waals surface area contributed by atoms with E-state index in [0.29, 0.717) is 5.56 Å². The summed E-state index contributed by atoms with van der Waals surface area (Å²) in [5, 5.41) is 13.2. The molecule has 1 amide bonds. The molecule has 0 atom stereocenters. The lowest BCUT2D eigenvalue weighted by Gasteiger charge is -2.07. The highest BCUT2D eigenvalue weighted by atomic mass is 19.1. The molecule has 0 unspecified atom stereocenters. The van der Waals surface area contributed by atoms with Gasteiger partial charge in [0.25, 0.3) is 11.6 Å². The number of carbonyl (C=O) groups excluding carboxylic acids is 1. The number of carbonyl (C=O) groups is 1. The molecule has 21 heavy (non-hydrogen) atoms. The Morgan fingerprint density at radius 3 is 2.67 bits per heavy atom. The Labute approximate surface area is 118 Å². The molecule has 2 aromatic rings. The molecular weight excluding hydrogens is 279 g/mol. The van der Waals surface area contributed by atoms with E-state index in [-0.39, 0.29) is 29.4 Å². The fourth-order valence-electron chi connectivity index (χ4n) is 1.63. The number of hydrogen-bond donors (Lipinski definition) is 2. The molecular formula is C13H11FN4O3. The molecule has 1 aromatic heterocycles. The number of rotatable bonds is 4. The summed E-state index contributed by atoms with van der Waals surface area (Å²) < 4.78 is 12.7. The number of halogens is 1. The molecule has 2 rings (SSSR count). The van der Waals surface area contributed by atoms with Crippen molar-refractivity contribution in [2.24, 2.45) is 0 Å². The zero-order valence-corrected chi connectivity index (χ0v) is 10.7. The Hall–Kier alpha value is -3.03. The molecule has 0 bridgehead atoms. The van der Waals surface area contributed by atoms with Gasteiger partial charge in [-0.2, -0.15) is 0 Å². The van der Waals surface area contributed by atoms with Crippen LogP contribution in [-0.2, 0) is 6.54 Å². The number of aromatic nitrogens is 1. The molecule has 0 aliphatic heterocycles. The molecule has 0 aliphatic rings. The summed E-state index contributed by atoms with van der Waals surface area (Å²) in [6, 6.07) is 6.63. The maximum atomic E-state index is 12.7. The van der Waals surface area contributed by atoms with Gasteiger partial charge in [0.1, 0.15) is 17.8 Å². The van der Waals surface area contributed by atoms with E-state index < -0.39 is 10.8 Å². The Balaban J connectivity index is 2.11. The van der Waals surface area contributed by atoms with E-state index in [1.165, 1.54) is 24.3 Å². The fraction of sp³-hybridized carbons (Fsp3) is 0.0769. The van der Waals surface area contributed by atoms with Gasteiger partial charge in [0.15, 0.2) is 0 Å². The van der Waals surface area contributed by atoms with Crippen molar-refractivity contribution in [2.75, 3.05) is 5.73 Å². The molecule has 0 saturated heterocycles. The minimum absolute atomic E-state index is 0.0775. The highest BCUT2D eigenvalue weighted by molar-refractivity contribution is 5.98. The number of nitro groups is 1. The number of nitrogen functional groups attached to an aromatic ring is 1. The van der Waals surface area contributed by atoms with Crippen molar-refractivity contribution in [3.05, 3.63) is 63.6 Å². The standard InChI is InChI=1S/C13H11FN4O3/c14-9-3-1-8(2-4-9)6-17-13(19)11-5-10(18(20)21)7-16-12(11)15/h1-5,7H,6H2,(H2,15,16)(H,17,19). The summed E-state index contributed by atoms with van der Waals surface area (Å²) in [7, 11) is 0. The highest BCUT2D eigenvalue weighted by Gasteiger charge is 2.16. The average Bonchev–Trinajstić information content (AvgIpc) is 2.46. The number of benzene rings is 1. The number of nitrogens with zero attached hydrogens (tertiary/aromatic N) is 2. The zero-order chi connectivity index (χ0) is 15.4. The maximum Gasteiger partial charge on any atom is 0.288 e. The summed E-state index contributed by atoms with van der Waals surface area (Å²) in [5.41, 5.74) is 5.82. The quantitative estimate of drug-likeness (QED) is 0.656. The Kier molecular flexibility index (Phi) is 4.07. The second-order valence-electron chi connectivity index (χ2n) is 4.19. The number of hydrogen-bond acceptors (Lipinski definition) is 5. The smallest absolute Gasteiger partial charge is 0.288 e. The van der Waals surface area contributed by atoms with Crippen molar-refractivity contribution in [1.29, 1.82) is 0 Å². The van der Waals surface area contributed by atoms with Gasteiger partial charge in [0.05, 0.1) is 10.5 Å². The van der Waals surface area contributed by atoms with Crippen LogP contribution in [0.2, 0.25) is 0 Å². The van der Waals surface area contributed by atoms with Gasteiger partial charge >= 0.3 is 0 Å². The average molecular weight is 290 g/mol. The van der Waals surface area contributed by atoms with Crippen molar-refractivity contribution in [2.45, 2.75) is 6.54 Å². The van der Waals surface area contributed by atoms with Crippen LogP contribution in [0.25, 0.3) is 0 Å². The first-order valence-corrected chi connectivity index (χ1v) is 5.90. The number of nitrogens with one attached hydrogen (secondary N) is 1. The van der Waals surface area contributed by atoms with E-state index in [1.54, 1.807) is 0 Å². The summed E-state index contributed by atoms with van der Waals surface area (Å²) in [4.78, 5) is 25.6. The number of anilines is 1. The third-order valence-corrected chi connectivity index (χ3v) is 2.73. The van der Waals surface area contributed by atoms with Crippen LogP contribution in [-0.4, -0.2) is 15.8 Å². The van der Waals surface area contributed by atoms with Crippen molar-refractivity contribution in [3.8, 4) is 0 Å². The van der Waals surface area contributed by atoms with E-state index in [0.717, 1.165) is 12.3 Å². The molecule has 0 spiro atoms. The third kappa shape index (κ3) is 3.50. The lowest BCUT2D eigenvalue weighted by atomic mass is 10.2. The highest BCUT2D eigenvalue weighted by Crippen LogP contribution is 2.16. The SMILES string of the molecule is Nc1ncc([N+](=O)[O-])cc1C(=O)NCc1ccc(F)cc1. The van der Waals surface area contributed by atoms with Crippen molar-refractivity contribution in [3.63, 3.8) is 0 Å². The number of amides is 1. The topological polar surface area (TPSA) is 111 Å². The van der Waals surface area contributed by atoms with E-state index in [4.69, 9.17) is 5.73 Å². The predicted octanol–water partition coefficient (Wildman–Crippen LogP) is 1.64. The maximum absolute atomic E-state index is 12.7. The van der Waals surface area contributed by atoms with E-state index in [9.17, 15) is 19.3 Å². The summed E-state index contributed by atoms with van der Waals surface area (Å²) in [5.74, 6) is -1.07. The van der Waals surface area contributed by atoms with Crippen LogP contribution in [0.5, 0.6) is 0 Å². The lowest BCUT2D eigenvalue weighted by molar-refractivity contribution is -0.385. The largest absolute Gasteiger partial charge is 0.383 e. The van der Waals surface area contributed by atoms with Gasteiger partial charge in [-0.3, -0.25) is 14.9 Å². The van der Waals surface area contributed by atoms with Crippen LogP contribution >= 0.6 is 0 Å². The minimum Gasteiger partial charge on any atom is -0.383 e. The van der Waals surface area contributed by atoms with E-state index in [2.05, 4.69) is 10.3 Å².